The van der Waals surface area contributed by atoms with E-state index in [4.69, 9.17) is 9.47 Å². The van der Waals surface area contributed by atoms with Gasteiger partial charge in [0.25, 0.3) is 0 Å². The van der Waals surface area contributed by atoms with Crippen molar-refractivity contribution in [1.29, 1.82) is 0 Å². The van der Waals surface area contributed by atoms with Crippen LogP contribution in [0.2, 0.25) is 0 Å². The Bertz CT molecular complexity index is 539. The highest BCUT2D eigenvalue weighted by Crippen LogP contribution is 2.46. The fourth-order valence-corrected chi connectivity index (χ4v) is 2.75. The second-order valence-corrected chi connectivity index (χ2v) is 7.82. The van der Waals surface area contributed by atoms with E-state index >= 15 is 0 Å². The van der Waals surface area contributed by atoms with Crippen molar-refractivity contribution in [3.63, 3.8) is 0 Å². The van der Waals surface area contributed by atoms with Gasteiger partial charge in [-0.25, -0.2) is 9.59 Å². The number of esters is 2. The predicted molar refractivity (Wildman–Crippen MR) is 105 cm³/mol. The van der Waals surface area contributed by atoms with E-state index in [2.05, 4.69) is 32.9 Å². The van der Waals surface area contributed by atoms with Gasteiger partial charge in [-0.3, -0.25) is 0 Å². The first-order valence-electron chi connectivity index (χ1n) is 9.69. The van der Waals surface area contributed by atoms with Gasteiger partial charge in [0, 0.05) is 5.41 Å². The minimum Gasteiger partial charge on any atom is -0.462 e. The lowest BCUT2D eigenvalue weighted by molar-refractivity contribution is -0.147. The molecule has 26 heavy (non-hydrogen) atoms. The molecule has 1 aliphatic carbocycles. The van der Waals surface area contributed by atoms with Gasteiger partial charge in [0.05, 0.1) is 13.2 Å². The van der Waals surface area contributed by atoms with Gasteiger partial charge in [0.2, 0.25) is 0 Å². The number of carbonyl (C=O) groups is 2. The van der Waals surface area contributed by atoms with Crippen LogP contribution in [-0.4, -0.2) is 25.2 Å². The van der Waals surface area contributed by atoms with Crippen LogP contribution in [0, 0.1) is 10.8 Å². The Hall–Kier alpha value is -1.84. The molecule has 0 bridgehead atoms. The number of ether oxygens (including phenoxy) is 2. The molecule has 1 rings (SSSR count). The molecule has 0 amide bonds. The highest BCUT2D eigenvalue weighted by molar-refractivity contribution is 6.14. The second kappa shape index (κ2) is 10.3. The van der Waals surface area contributed by atoms with Gasteiger partial charge in [0.15, 0.2) is 0 Å². The monoisotopic (exact) mass is 362 g/mol. The zero-order valence-corrected chi connectivity index (χ0v) is 17.0. The van der Waals surface area contributed by atoms with Crippen LogP contribution >= 0.6 is 0 Å². The van der Waals surface area contributed by atoms with Crippen molar-refractivity contribution in [3.8, 4) is 0 Å². The largest absolute Gasteiger partial charge is 0.462 e. The topological polar surface area (TPSA) is 52.6 Å². The van der Waals surface area contributed by atoms with E-state index in [1.165, 1.54) is 0 Å². The number of rotatable bonds is 9. The van der Waals surface area contributed by atoms with Crippen molar-refractivity contribution < 1.29 is 19.1 Å². The van der Waals surface area contributed by atoms with Crippen LogP contribution in [0.4, 0.5) is 0 Å². The smallest absolute Gasteiger partial charge is 0.345 e. The first kappa shape index (κ1) is 22.2. The molecule has 4 heteroatoms. The van der Waals surface area contributed by atoms with Crippen LogP contribution in [0.25, 0.3) is 0 Å². The molecule has 0 saturated heterocycles. The predicted octanol–water partition coefficient (Wildman–Crippen LogP) is 5.15. The first-order chi connectivity index (χ1) is 12.3. The maximum Gasteiger partial charge on any atom is 0.345 e. The SMILES string of the molecule is CCCCOC(=O)C(=CC1(C(C)(C)C)C=CC=CC1)C(=O)OCCCC. The summed E-state index contributed by atoms with van der Waals surface area (Å²) in [4.78, 5) is 25.2. The van der Waals surface area contributed by atoms with Gasteiger partial charge in [-0.1, -0.05) is 77.8 Å². The van der Waals surface area contributed by atoms with E-state index < -0.39 is 17.4 Å². The van der Waals surface area contributed by atoms with Gasteiger partial charge in [-0.15, -0.1) is 0 Å². The maximum absolute atomic E-state index is 12.6. The molecule has 0 N–H and O–H groups in total. The van der Waals surface area contributed by atoms with Crippen molar-refractivity contribution in [3.05, 3.63) is 36.0 Å². The molecule has 0 heterocycles. The van der Waals surface area contributed by atoms with Gasteiger partial charge >= 0.3 is 11.9 Å². The Morgan fingerprint density at radius 2 is 1.54 bits per heavy atom. The Kier molecular flexibility index (Phi) is 8.83. The van der Waals surface area contributed by atoms with E-state index in [0.29, 0.717) is 13.2 Å². The molecular weight excluding hydrogens is 328 g/mol. The van der Waals surface area contributed by atoms with E-state index in [9.17, 15) is 9.59 Å². The third-order valence-corrected chi connectivity index (χ3v) is 4.80. The molecule has 0 aliphatic heterocycles. The quantitative estimate of drug-likeness (QED) is 0.187. The summed E-state index contributed by atoms with van der Waals surface area (Å²) in [5.74, 6) is -1.18. The van der Waals surface area contributed by atoms with Crippen LogP contribution < -0.4 is 0 Å². The number of unbranched alkanes of at least 4 members (excludes halogenated alkanes) is 2. The number of hydrogen-bond donors (Lipinski definition) is 0. The summed E-state index contributed by atoms with van der Waals surface area (Å²) in [6.45, 7) is 11.0. The standard InChI is InChI=1S/C22H34O4/c1-6-8-15-25-19(23)18(20(24)26-16-9-7-2)17-22(21(3,4)5)13-11-10-12-14-22/h10-13,17H,6-9,14-16H2,1-5H3. The molecule has 0 aromatic carbocycles. The lowest BCUT2D eigenvalue weighted by Crippen LogP contribution is -2.34. The average molecular weight is 363 g/mol. The molecule has 1 unspecified atom stereocenters. The van der Waals surface area contributed by atoms with Crippen LogP contribution in [0.3, 0.4) is 0 Å². The third kappa shape index (κ3) is 6.15. The van der Waals surface area contributed by atoms with Crippen LogP contribution in [0.15, 0.2) is 36.0 Å². The Balaban J connectivity index is 3.17. The van der Waals surface area contributed by atoms with Crippen molar-refractivity contribution in [2.45, 2.75) is 66.7 Å². The molecule has 0 radical (unpaired) electrons. The lowest BCUT2D eigenvalue weighted by Gasteiger charge is -2.41. The van der Waals surface area contributed by atoms with Crippen molar-refractivity contribution >= 4 is 11.9 Å². The summed E-state index contributed by atoms with van der Waals surface area (Å²) >= 11 is 0. The summed E-state index contributed by atoms with van der Waals surface area (Å²) in [5, 5.41) is 0. The molecule has 1 atom stereocenters. The Morgan fingerprint density at radius 1 is 1.00 bits per heavy atom. The summed E-state index contributed by atoms with van der Waals surface area (Å²) < 4.78 is 10.6. The van der Waals surface area contributed by atoms with E-state index in [0.717, 1.165) is 32.1 Å². The van der Waals surface area contributed by atoms with Gasteiger partial charge in [-0.2, -0.15) is 0 Å². The third-order valence-electron chi connectivity index (χ3n) is 4.80. The van der Waals surface area contributed by atoms with E-state index in [1.54, 1.807) is 6.08 Å². The fourth-order valence-electron chi connectivity index (χ4n) is 2.75. The maximum atomic E-state index is 12.6. The average Bonchev–Trinajstić information content (AvgIpc) is 2.59. The van der Waals surface area contributed by atoms with Gasteiger partial charge in [0.1, 0.15) is 5.57 Å². The molecule has 146 valence electrons. The molecule has 0 aromatic heterocycles. The molecule has 0 aromatic rings. The minimum atomic E-state index is -0.591. The summed E-state index contributed by atoms with van der Waals surface area (Å²) in [6, 6.07) is 0. The normalized spacial score (nSPS) is 19.1. The number of hydrogen-bond acceptors (Lipinski definition) is 4. The highest BCUT2D eigenvalue weighted by Gasteiger charge is 2.40. The fraction of sp³-hybridized carbons (Fsp3) is 0.636. The Labute approximate surface area is 158 Å². The number of allylic oxidation sites excluding steroid dienone is 5. The summed E-state index contributed by atoms with van der Waals surface area (Å²) in [6.07, 6.45) is 13.9. The van der Waals surface area contributed by atoms with Crippen LogP contribution in [0.5, 0.6) is 0 Å². The number of carbonyl (C=O) groups excluding carboxylic acids is 2. The lowest BCUT2D eigenvalue weighted by atomic mass is 9.62. The molecule has 0 saturated carbocycles. The minimum absolute atomic E-state index is 0.00656. The molecule has 4 nitrogen and oxygen atoms in total. The summed E-state index contributed by atoms with van der Waals surface area (Å²) in [7, 11) is 0. The molecule has 0 fully saturated rings. The second-order valence-electron chi connectivity index (χ2n) is 7.82. The van der Waals surface area contributed by atoms with Crippen molar-refractivity contribution in [2.24, 2.45) is 10.8 Å². The van der Waals surface area contributed by atoms with Gasteiger partial charge in [-0.05, 0) is 24.7 Å². The first-order valence-corrected chi connectivity index (χ1v) is 9.69. The molecule has 0 spiro atoms. The zero-order chi connectivity index (χ0) is 19.6. The van der Waals surface area contributed by atoms with Crippen LogP contribution in [0.1, 0.15) is 66.7 Å². The highest BCUT2D eigenvalue weighted by atomic mass is 16.6. The van der Waals surface area contributed by atoms with E-state index in [-0.39, 0.29) is 11.0 Å². The molecule has 1 aliphatic rings. The van der Waals surface area contributed by atoms with Crippen LogP contribution in [-0.2, 0) is 19.1 Å². The zero-order valence-electron chi connectivity index (χ0n) is 17.0. The Morgan fingerprint density at radius 3 is 1.92 bits per heavy atom. The van der Waals surface area contributed by atoms with Gasteiger partial charge < -0.3 is 9.47 Å². The molecular formula is C22H34O4. The van der Waals surface area contributed by atoms with Crippen molar-refractivity contribution in [2.75, 3.05) is 13.2 Å². The van der Waals surface area contributed by atoms with Crippen molar-refractivity contribution in [1.82, 2.24) is 0 Å². The summed E-state index contributed by atoms with van der Waals surface area (Å²) in [5.41, 5.74) is -0.607. The van der Waals surface area contributed by atoms with E-state index in [1.807, 2.05) is 26.0 Å².